The number of ether oxygens (including phenoxy) is 1. The molecule has 0 saturated carbocycles. The molecule has 1 aromatic heterocycles. The molecule has 0 atom stereocenters. The summed E-state index contributed by atoms with van der Waals surface area (Å²) in [5.41, 5.74) is 0.317. The third-order valence-electron chi connectivity index (χ3n) is 3.75. The highest BCUT2D eigenvalue weighted by Gasteiger charge is 2.23. The third kappa shape index (κ3) is 4.30. The Bertz CT molecular complexity index is 556. The van der Waals surface area contributed by atoms with Gasteiger partial charge in [0.25, 0.3) is 0 Å². The van der Waals surface area contributed by atoms with Crippen LogP contribution in [0.1, 0.15) is 19.8 Å². The summed E-state index contributed by atoms with van der Waals surface area (Å²) in [6.07, 6.45) is 1.40. The minimum absolute atomic E-state index is 0.234. The maximum absolute atomic E-state index is 11.7. The van der Waals surface area contributed by atoms with Crippen LogP contribution in [-0.4, -0.2) is 55.8 Å². The summed E-state index contributed by atoms with van der Waals surface area (Å²) in [6.45, 7) is 3.51. The fourth-order valence-corrected chi connectivity index (χ4v) is 2.55. The summed E-state index contributed by atoms with van der Waals surface area (Å²) in [6, 6.07) is 3.64. The summed E-state index contributed by atoms with van der Waals surface area (Å²) in [4.78, 5) is 30.4. The second kappa shape index (κ2) is 7.75. The van der Waals surface area contributed by atoms with Crippen LogP contribution in [0.4, 0.5) is 22.1 Å². The first kappa shape index (κ1) is 17.0. The van der Waals surface area contributed by atoms with Crippen molar-refractivity contribution in [1.29, 1.82) is 0 Å². The van der Waals surface area contributed by atoms with E-state index in [2.05, 4.69) is 15.5 Å². The number of hydrogen-bond acceptors (Lipinski definition) is 7. The molecule has 23 heavy (non-hydrogen) atoms. The topological polar surface area (TPSA) is 87.1 Å². The van der Waals surface area contributed by atoms with E-state index in [1.807, 2.05) is 14.1 Å². The normalized spacial score (nSPS) is 15.2. The standard InChI is InChI=1S/C15H23N5O3/c1-4-23-15(21)20-9-7-11(8-10-20)16-13-6-5-12(18-22)14(17-13)19(2)3/h5-6,11H,4,7-10H2,1-3H3,(H,16,17). The largest absolute Gasteiger partial charge is 0.450 e. The number of aromatic nitrogens is 1. The maximum atomic E-state index is 11.7. The summed E-state index contributed by atoms with van der Waals surface area (Å²) in [7, 11) is 3.64. The van der Waals surface area contributed by atoms with Crippen molar-refractivity contribution in [2.45, 2.75) is 25.8 Å². The van der Waals surface area contributed by atoms with Crippen molar-refractivity contribution in [2.24, 2.45) is 5.18 Å². The van der Waals surface area contributed by atoms with E-state index in [-0.39, 0.29) is 12.1 Å². The van der Waals surface area contributed by atoms with Gasteiger partial charge in [-0.1, -0.05) is 0 Å². The molecular formula is C15H23N5O3. The molecule has 8 heteroatoms. The smallest absolute Gasteiger partial charge is 0.409 e. The number of carbonyl (C=O) groups is 1. The molecule has 0 spiro atoms. The number of likely N-dealkylation sites (tertiary alicyclic amines) is 1. The molecule has 2 rings (SSSR count). The van der Waals surface area contributed by atoms with Crippen LogP contribution in [0.25, 0.3) is 0 Å². The number of nitroso groups, excluding NO2 is 1. The summed E-state index contributed by atoms with van der Waals surface area (Å²) >= 11 is 0. The molecule has 1 amide bonds. The maximum Gasteiger partial charge on any atom is 0.409 e. The molecule has 8 nitrogen and oxygen atoms in total. The number of nitrogens with one attached hydrogen (secondary N) is 1. The van der Waals surface area contributed by atoms with Crippen LogP contribution < -0.4 is 10.2 Å². The van der Waals surface area contributed by atoms with Crippen molar-refractivity contribution in [3.8, 4) is 0 Å². The Balaban J connectivity index is 1.95. The van der Waals surface area contributed by atoms with Gasteiger partial charge in [0.1, 0.15) is 5.82 Å². The zero-order valence-corrected chi connectivity index (χ0v) is 13.8. The van der Waals surface area contributed by atoms with E-state index in [4.69, 9.17) is 4.74 Å². The number of amides is 1. The number of nitrogens with zero attached hydrogens (tertiary/aromatic N) is 4. The Morgan fingerprint density at radius 2 is 2.13 bits per heavy atom. The van der Waals surface area contributed by atoms with Crippen LogP contribution in [0.5, 0.6) is 0 Å². The molecule has 0 bridgehead atoms. The molecule has 1 N–H and O–H groups in total. The molecule has 2 heterocycles. The minimum Gasteiger partial charge on any atom is -0.450 e. The first-order valence-electron chi connectivity index (χ1n) is 7.75. The SMILES string of the molecule is CCOC(=O)N1CCC(Nc2ccc(N=O)c(N(C)C)n2)CC1. The van der Waals surface area contributed by atoms with E-state index >= 15 is 0 Å². The van der Waals surface area contributed by atoms with Gasteiger partial charge >= 0.3 is 6.09 Å². The average Bonchev–Trinajstić information content (AvgIpc) is 2.55. The van der Waals surface area contributed by atoms with Crippen LogP contribution in [0, 0.1) is 4.91 Å². The molecule has 1 aliphatic rings. The van der Waals surface area contributed by atoms with E-state index in [9.17, 15) is 9.70 Å². The van der Waals surface area contributed by atoms with Gasteiger partial charge in [-0.3, -0.25) is 0 Å². The van der Waals surface area contributed by atoms with Gasteiger partial charge < -0.3 is 19.9 Å². The van der Waals surface area contributed by atoms with Crippen LogP contribution in [-0.2, 0) is 4.74 Å². The average molecular weight is 321 g/mol. The monoisotopic (exact) mass is 321 g/mol. The Morgan fingerprint density at radius 3 is 2.70 bits per heavy atom. The van der Waals surface area contributed by atoms with Gasteiger partial charge in [-0.05, 0) is 37.1 Å². The van der Waals surface area contributed by atoms with Crippen molar-refractivity contribution in [3.05, 3.63) is 17.0 Å². The Kier molecular flexibility index (Phi) is 5.72. The molecule has 1 aliphatic heterocycles. The van der Waals surface area contributed by atoms with E-state index in [1.165, 1.54) is 0 Å². The number of pyridine rings is 1. The lowest BCUT2D eigenvalue weighted by atomic mass is 10.1. The van der Waals surface area contributed by atoms with Crippen LogP contribution in [0.2, 0.25) is 0 Å². The molecular weight excluding hydrogens is 298 g/mol. The summed E-state index contributed by atoms with van der Waals surface area (Å²) in [5.74, 6) is 1.24. The Labute approximate surface area is 135 Å². The van der Waals surface area contributed by atoms with Gasteiger partial charge in [0.2, 0.25) is 0 Å². The summed E-state index contributed by atoms with van der Waals surface area (Å²) < 4.78 is 5.01. The fraction of sp³-hybridized carbons (Fsp3) is 0.600. The fourth-order valence-electron chi connectivity index (χ4n) is 2.55. The number of anilines is 2. The van der Waals surface area contributed by atoms with Crippen LogP contribution in [0.15, 0.2) is 17.3 Å². The van der Waals surface area contributed by atoms with Crippen LogP contribution >= 0.6 is 0 Å². The molecule has 1 saturated heterocycles. The molecule has 0 aliphatic carbocycles. The molecule has 0 unspecified atom stereocenters. The van der Waals surface area contributed by atoms with Crippen LogP contribution in [0.3, 0.4) is 0 Å². The van der Waals surface area contributed by atoms with Gasteiger partial charge in [-0.25, -0.2) is 9.78 Å². The first-order chi connectivity index (χ1) is 11.0. The zero-order valence-electron chi connectivity index (χ0n) is 13.8. The second-order valence-corrected chi connectivity index (χ2v) is 5.63. The number of rotatable bonds is 5. The van der Waals surface area contributed by atoms with Crippen molar-refractivity contribution < 1.29 is 9.53 Å². The lowest BCUT2D eigenvalue weighted by molar-refractivity contribution is 0.0983. The third-order valence-corrected chi connectivity index (χ3v) is 3.75. The first-order valence-corrected chi connectivity index (χ1v) is 7.75. The van der Waals surface area contributed by atoms with Gasteiger partial charge in [0.05, 0.1) is 6.61 Å². The number of hydrogen-bond donors (Lipinski definition) is 1. The second-order valence-electron chi connectivity index (χ2n) is 5.63. The number of carbonyl (C=O) groups excluding carboxylic acids is 1. The van der Waals surface area contributed by atoms with Crippen molar-refractivity contribution in [2.75, 3.05) is 44.0 Å². The number of piperidine rings is 1. The highest BCUT2D eigenvalue weighted by molar-refractivity contribution is 5.68. The highest BCUT2D eigenvalue weighted by Crippen LogP contribution is 2.27. The lowest BCUT2D eigenvalue weighted by Gasteiger charge is -2.32. The highest BCUT2D eigenvalue weighted by atomic mass is 16.6. The van der Waals surface area contributed by atoms with Crippen molar-refractivity contribution in [1.82, 2.24) is 9.88 Å². The van der Waals surface area contributed by atoms with Gasteiger partial charge in [0.15, 0.2) is 11.5 Å². The van der Waals surface area contributed by atoms with Gasteiger partial charge in [-0.2, -0.15) is 0 Å². The predicted molar refractivity (Wildman–Crippen MR) is 89.3 cm³/mol. The van der Waals surface area contributed by atoms with E-state index in [0.717, 1.165) is 12.8 Å². The van der Waals surface area contributed by atoms with Crippen molar-refractivity contribution in [3.63, 3.8) is 0 Å². The van der Waals surface area contributed by atoms with Crippen molar-refractivity contribution >= 4 is 23.4 Å². The quantitative estimate of drug-likeness (QED) is 0.839. The Hall–Kier alpha value is -2.38. The zero-order chi connectivity index (χ0) is 16.8. The predicted octanol–water partition coefficient (Wildman–Crippen LogP) is 2.58. The minimum atomic E-state index is -0.250. The summed E-state index contributed by atoms with van der Waals surface area (Å²) in [5, 5.41) is 6.35. The Morgan fingerprint density at radius 1 is 1.43 bits per heavy atom. The molecule has 126 valence electrons. The van der Waals surface area contributed by atoms with Gasteiger partial charge in [0, 0.05) is 33.2 Å². The van der Waals surface area contributed by atoms with E-state index < -0.39 is 0 Å². The lowest BCUT2D eigenvalue weighted by Crippen LogP contribution is -2.42. The molecule has 0 aromatic carbocycles. The van der Waals surface area contributed by atoms with E-state index in [1.54, 1.807) is 28.9 Å². The van der Waals surface area contributed by atoms with E-state index in [0.29, 0.717) is 37.0 Å². The van der Waals surface area contributed by atoms with Gasteiger partial charge in [-0.15, -0.1) is 4.91 Å². The molecule has 1 aromatic rings. The molecule has 1 fully saturated rings. The molecule has 0 radical (unpaired) electrons.